The van der Waals surface area contributed by atoms with Crippen LogP contribution in [0, 0.1) is 22.7 Å². The Morgan fingerprint density at radius 1 is 1.15 bits per heavy atom. The quantitative estimate of drug-likeness (QED) is 0.102. The van der Waals surface area contributed by atoms with Gasteiger partial charge in [-0.15, -0.1) is 27.8 Å². The van der Waals surface area contributed by atoms with Crippen molar-refractivity contribution in [3.8, 4) is 6.07 Å². The summed E-state index contributed by atoms with van der Waals surface area (Å²) in [5, 5.41) is 34.8. The van der Waals surface area contributed by atoms with Gasteiger partial charge in [-0.05, 0) is 68.2 Å². The summed E-state index contributed by atoms with van der Waals surface area (Å²) in [5.41, 5.74) is 0.321. The molecule has 5 rings (SSSR count). The van der Waals surface area contributed by atoms with Crippen molar-refractivity contribution in [2.45, 2.75) is 62.6 Å². The smallest absolute Gasteiger partial charge is 0.261 e. The van der Waals surface area contributed by atoms with Gasteiger partial charge in [-0.3, -0.25) is 19.8 Å². The molecule has 12 nitrogen and oxygen atoms in total. The second-order valence-electron chi connectivity index (χ2n) is 10.8. The van der Waals surface area contributed by atoms with E-state index in [0.717, 1.165) is 33.7 Å². The van der Waals surface area contributed by atoms with E-state index in [1.807, 2.05) is 6.92 Å². The molecule has 1 aliphatic heterocycles. The molecule has 41 heavy (non-hydrogen) atoms. The normalized spacial score (nSPS) is 22.6. The van der Waals surface area contributed by atoms with Crippen LogP contribution in [0.3, 0.4) is 0 Å². The number of piperidine rings is 1. The Kier molecular flexibility index (Phi) is 7.95. The Bertz CT molecular complexity index is 1410. The van der Waals surface area contributed by atoms with Gasteiger partial charge < -0.3 is 26.7 Å². The monoisotopic (exact) mass is 595 g/mol. The van der Waals surface area contributed by atoms with Crippen LogP contribution in [0.4, 0.5) is 0 Å². The number of hydrogen-bond acceptors (Lipinski definition) is 9. The molecular weight excluding hydrogens is 562 g/mol. The summed E-state index contributed by atoms with van der Waals surface area (Å²) in [6.45, 7) is 1.97. The van der Waals surface area contributed by atoms with E-state index in [0.29, 0.717) is 34.9 Å². The van der Waals surface area contributed by atoms with Crippen molar-refractivity contribution in [2.24, 2.45) is 22.1 Å². The number of hydrogen-bond donors (Lipinski definition) is 5. The number of rotatable bonds is 8. The van der Waals surface area contributed by atoms with Crippen molar-refractivity contribution in [3.05, 3.63) is 42.8 Å². The maximum absolute atomic E-state index is 13.2. The molecule has 2 fully saturated rings. The van der Waals surface area contributed by atoms with E-state index in [-0.39, 0.29) is 48.2 Å². The molecule has 3 amide bonds. The molecule has 1 saturated heterocycles. The first-order valence-electron chi connectivity index (χ1n) is 13.5. The Morgan fingerprint density at radius 2 is 1.73 bits per heavy atom. The van der Waals surface area contributed by atoms with Crippen LogP contribution >= 0.6 is 22.7 Å². The first-order valence-corrected chi connectivity index (χ1v) is 15.2. The summed E-state index contributed by atoms with van der Waals surface area (Å²) in [7, 11) is 3.14. The maximum atomic E-state index is 13.2. The molecule has 0 spiro atoms. The van der Waals surface area contributed by atoms with E-state index >= 15 is 0 Å². The van der Waals surface area contributed by atoms with Gasteiger partial charge in [0.15, 0.2) is 5.84 Å². The molecule has 2 aliphatic carbocycles. The molecule has 3 aliphatic rings. The lowest BCUT2D eigenvalue weighted by Crippen LogP contribution is -2.47. The third-order valence-corrected chi connectivity index (χ3v) is 10.7. The fourth-order valence-corrected chi connectivity index (χ4v) is 8.69. The first-order chi connectivity index (χ1) is 19.7. The van der Waals surface area contributed by atoms with E-state index in [1.165, 1.54) is 22.7 Å². The number of carbonyl (C=O) groups excluding carboxylic acids is 3. The predicted molar refractivity (Wildman–Crippen MR) is 155 cm³/mol. The molecule has 1 unspecified atom stereocenters. The maximum Gasteiger partial charge on any atom is 0.261 e. The minimum absolute atomic E-state index is 0.0460. The Balaban J connectivity index is 1.54. The van der Waals surface area contributed by atoms with Gasteiger partial charge in [-0.2, -0.15) is 5.26 Å². The minimum atomic E-state index is -1.19. The third kappa shape index (κ3) is 5.02. The summed E-state index contributed by atoms with van der Waals surface area (Å²) < 4.78 is 0. The number of nitriles is 1. The lowest BCUT2D eigenvalue weighted by atomic mass is 9.70. The standard InChI is InChI=1S/C27H33N9O3S2/c1-13(33-12-23(37)36-15(11-28)6-14-7-18(14)36)10-27(26(29)34-35-30)16-8-21(24(38)31-2)40-19(16)4-5-20-17(27)9-22(41-20)25(39)32-3/h8-9,13-15,18,33H,4-7,10,12H2,1-3H3,(H,31,38)(H,32,39)(H3,29,30,34)/t13-,14-,15?,18+/m1/s1. The fourth-order valence-electron chi connectivity index (χ4n) is 6.32. The molecule has 4 atom stereocenters. The molecule has 6 N–H and O–H groups in total. The molecule has 14 heteroatoms. The Labute approximate surface area is 245 Å². The zero-order valence-electron chi connectivity index (χ0n) is 23.1. The number of fused-ring (bicyclic) bond motifs is 3. The molecule has 0 bridgehead atoms. The summed E-state index contributed by atoms with van der Waals surface area (Å²) in [6.07, 6.45) is 3.22. The first kappa shape index (κ1) is 28.8. The largest absolute Gasteiger partial charge is 0.354 e. The number of nitrogens with one attached hydrogen (secondary N) is 4. The van der Waals surface area contributed by atoms with Gasteiger partial charge in [0.1, 0.15) is 6.04 Å². The topological polar surface area (TPSA) is 189 Å². The van der Waals surface area contributed by atoms with Gasteiger partial charge in [0.25, 0.3) is 11.8 Å². The molecule has 0 aromatic carbocycles. The second kappa shape index (κ2) is 11.3. The van der Waals surface area contributed by atoms with E-state index in [2.05, 4.69) is 32.4 Å². The van der Waals surface area contributed by atoms with Crippen LogP contribution in [-0.4, -0.2) is 67.2 Å². The van der Waals surface area contributed by atoms with Crippen molar-refractivity contribution in [1.82, 2.24) is 20.9 Å². The third-order valence-electron chi connectivity index (χ3n) is 8.34. The molecule has 2 aromatic heterocycles. The molecule has 0 radical (unpaired) electrons. The average molecular weight is 596 g/mol. The van der Waals surface area contributed by atoms with Crippen LogP contribution in [-0.2, 0) is 23.1 Å². The molecule has 2 aromatic rings. The molecule has 216 valence electrons. The lowest BCUT2D eigenvalue weighted by molar-refractivity contribution is -0.131. The minimum Gasteiger partial charge on any atom is -0.354 e. The summed E-state index contributed by atoms with van der Waals surface area (Å²) in [4.78, 5) is 43.1. The second-order valence-corrected chi connectivity index (χ2v) is 13.0. The zero-order valence-corrected chi connectivity index (χ0v) is 24.7. The predicted octanol–water partition coefficient (Wildman–Crippen LogP) is 2.10. The molecule has 3 heterocycles. The number of carbonyl (C=O) groups is 3. The van der Waals surface area contributed by atoms with Crippen LogP contribution in [0.25, 0.3) is 0 Å². The van der Waals surface area contributed by atoms with E-state index < -0.39 is 5.41 Å². The number of amides is 3. The number of likely N-dealkylation sites (tertiary alicyclic amines) is 1. The van der Waals surface area contributed by atoms with Crippen molar-refractivity contribution in [2.75, 3.05) is 20.6 Å². The summed E-state index contributed by atoms with van der Waals surface area (Å²) in [5.74, 6) is 5.21. The summed E-state index contributed by atoms with van der Waals surface area (Å²) >= 11 is 2.76. The van der Waals surface area contributed by atoms with Crippen LogP contribution < -0.4 is 21.8 Å². The van der Waals surface area contributed by atoms with E-state index in [4.69, 9.17) is 5.84 Å². The van der Waals surface area contributed by atoms with Gasteiger partial charge in [0.2, 0.25) is 5.91 Å². The SMILES string of the molecule is CNC(=O)c1cc2c(s1)CCc1sc(C(=O)NC)cc1C2(C[C@@H](C)NCC(=O)N1C(C#N)C[C@@H]2C[C@@H]21)C(=N)N=NN. The van der Waals surface area contributed by atoms with Gasteiger partial charge in [0.05, 0.1) is 27.8 Å². The van der Waals surface area contributed by atoms with Gasteiger partial charge >= 0.3 is 0 Å². The van der Waals surface area contributed by atoms with E-state index in [1.54, 1.807) is 31.1 Å². The number of amidine groups is 1. The highest BCUT2D eigenvalue weighted by Gasteiger charge is 2.54. The Hall–Kier alpha value is -3.67. The molecular formula is C27H33N9O3S2. The van der Waals surface area contributed by atoms with Gasteiger partial charge in [-0.1, -0.05) is 5.22 Å². The van der Waals surface area contributed by atoms with Crippen molar-refractivity contribution < 1.29 is 14.4 Å². The zero-order chi connectivity index (χ0) is 29.5. The highest BCUT2D eigenvalue weighted by Crippen LogP contribution is 2.50. The van der Waals surface area contributed by atoms with Crippen molar-refractivity contribution in [3.63, 3.8) is 0 Å². The van der Waals surface area contributed by atoms with Crippen molar-refractivity contribution in [1.29, 1.82) is 10.7 Å². The van der Waals surface area contributed by atoms with Gasteiger partial charge in [-0.25, -0.2) is 0 Å². The van der Waals surface area contributed by atoms with Crippen LogP contribution in [0.1, 0.15) is 66.4 Å². The number of nitrogens with zero attached hydrogens (tertiary/aromatic N) is 4. The average Bonchev–Trinajstić information content (AvgIpc) is 3.30. The van der Waals surface area contributed by atoms with E-state index in [9.17, 15) is 25.1 Å². The highest BCUT2D eigenvalue weighted by atomic mass is 32.1. The summed E-state index contributed by atoms with van der Waals surface area (Å²) in [6, 6.07) is 5.33. The number of nitrogens with two attached hydrogens (primary N) is 1. The van der Waals surface area contributed by atoms with Crippen molar-refractivity contribution >= 4 is 46.2 Å². The number of thiophene rings is 2. The Morgan fingerprint density at radius 3 is 2.24 bits per heavy atom. The lowest BCUT2D eigenvalue weighted by Gasteiger charge is -2.35. The van der Waals surface area contributed by atoms with Crippen LogP contribution in [0.5, 0.6) is 0 Å². The number of aryl methyl sites for hydroxylation is 2. The van der Waals surface area contributed by atoms with Crippen LogP contribution in [0.2, 0.25) is 0 Å². The molecule has 1 saturated carbocycles. The van der Waals surface area contributed by atoms with Gasteiger partial charge in [0, 0.05) is 35.9 Å². The van der Waals surface area contributed by atoms with Crippen LogP contribution in [0.15, 0.2) is 22.5 Å². The fraction of sp³-hybridized carbons (Fsp3) is 0.519. The highest BCUT2D eigenvalue weighted by molar-refractivity contribution is 7.15.